The Labute approximate surface area is 169 Å². The van der Waals surface area contributed by atoms with E-state index in [2.05, 4.69) is 10.5 Å². The highest BCUT2D eigenvalue weighted by atomic mass is 16.5. The average molecular weight is 396 g/mol. The van der Waals surface area contributed by atoms with Crippen LogP contribution in [-0.2, 0) is 17.8 Å². The molecule has 7 nitrogen and oxygen atoms in total. The van der Waals surface area contributed by atoms with Crippen molar-refractivity contribution in [3.8, 4) is 28.6 Å². The summed E-state index contributed by atoms with van der Waals surface area (Å²) in [6.45, 7) is 0.304. The minimum absolute atomic E-state index is 0.0449. The predicted octanol–water partition coefficient (Wildman–Crippen LogP) is 3.62. The summed E-state index contributed by atoms with van der Waals surface area (Å²) in [5, 5.41) is 6.89. The van der Waals surface area contributed by atoms with Crippen molar-refractivity contribution in [2.24, 2.45) is 0 Å². The molecule has 1 N–H and O–H groups in total. The van der Waals surface area contributed by atoms with Gasteiger partial charge in [-0.25, -0.2) is 0 Å². The summed E-state index contributed by atoms with van der Waals surface area (Å²) in [6.07, 6.45) is 1.05. The second-order valence-corrected chi connectivity index (χ2v) is 6.38. The summed E-state index contributed by atoms with van der Waals surface area (Å²) in [7, 11) is 4.79. The number of ether oxygens (including phenoxy) is 3. The van der Waals surface area contributed by atoms with Crippen molar-refractivity contribution in [2.45, 2.75) is 19.4 Å². The summed E-state index contributed by atoms with van der Waals surface area (Å²) in [5.41, 5.74) is 2.54. The zero-order valence-corrected chi connectivity index (χ0v) is 16.7. The van der Waals surface area contributed by atoms with E-state index >= 15 is 0 Å². The van der Waals surface area contributed by atoms with Crippen LogP contribution in [0.1, 0.15) is 17.7 Å². The number of hydrogen-bond acceptors (Lipinski definition) is 6. The van der Waals surface area contributed by atoms with E-state index in [1.165, 1.54) is 0 Å². The molecule has 1 aromatic heterocycles. The van der Waals surface area contributed by atoms with Gasteiger partial charge in [0.2, 0.25) is 5.91 Å². The third kappa shape index (κ3) is 5.28. The van der Waals surface area contributed by atoms with Crippen molar-refractivity contribution < 1.29 is 23.5 Å². The SMILES string of the molecule is COc1ccc(CCC(=O)NCc2cc(-c3ccc(OC)c(OC)c3)on2)cc1. The van der Waals surface area contributed by atoms with E-state index in [0.717, 1.165) is 16.9 Å². The van der Waals surface area contributed by atoms with Gasteiger partial charge in [0.1, 0.15) is 11.4 Å². The number of aromatic nitrogens is 1. The number of carbonyl (C=O) groups is 1. The minimum Gasteiger partial charge on any atom is -0.497 e. The van der Waals surface area contributed by atoms with Gasteiger partial charge in [0, 0.05) is 18.1 Å². The number of methoxy groups -OCH3 is 3. The van der Waals surface area contributed by atoms with Crippen molar-refractivity contribution in [3.63, 3.8) is 0 Å². The quantitative estimate of drug-likeness (QED) is 0.595. The number of amides is 1. The zero-order chi connectivity index (χ0) is 20.6. The van der Waals surface area contributed by atoms with Gasteiger partial charge in [-0.15, -0.1) is 0 Å². The lowest BCUT2D eigenvalue weighted by molar-refractivity contribution is -0.121. The van der Waals surface area contributed by atoms with E-state index in [9.17, 15) is 4.79 Å². The fourth-order valence-corrected chi connectivity index (χ4v) is 2.85. The van der Waals surface area contributed by atoms with E-state index in [1.54, 1.807) is 33.5 Å². The molecule has 0 aliphatic rings. The first kappa shape index (κ1) is 20.3. The lowest BCUT2D eigenvalue weighted by Gasteiger charge is -2.07. The number of hydrogen-bond donors (Lipinski definition) is 1. The second kappa shape index (κ2) is 9.64. The molecule has 0 bridgehead atoms. The number of carbonyl (C=O) groups excluding carboxylic acids is 1. The molecule has 1 heterocycles. The molecule has 152 valence electrons. The normalized spacial score (nSPS) is 10.4. The first-order valence-electron chi connectivity index (χ1n) is 9.20. The van der Waals surface area contributed by atoms with Crippen molar-refractivity contribution >= 4 is 5.91 Å². The van der Waals surface area contributed by atoms with Crippen LogP contribution in [0.25, 0.3) is 11.3 Å². The van der Waals surface area contributed by atoms with E-state index < -0.39 is 0 Å². The Hall–Kier alpha value is -3.48. The Morgan fingerprint density at radius 2 is 1.72 bits per heavy atom. The largest absolute Gasteiger partial charge is 0.497 e. The van der Waals surface area contributed by atoms with Crippen LogP contribution in [0.15, 0.2) is 53.1 Å². The zero-order valence-electron chi connectivity index (χ0n) is 16.7. The first-order chi connectivity index (χ1) is 14.1. The summed E-state index contributed by atoms with van der Waals surface area (Å²) in [4.78, 5) is 12.1. The van der Waals surface area contributed by atoms with Crippen LogP contribution in [0.3, 0.4) is 0 Å². The van der Waals surface area contributed by atoms with Gasteiger partial charge in [-0.2, -0.15) is 0 Å². The van der Waals surface area contributed by atoms with Crippen LogP contribution in [0.2, 0.25) is 0 Å². The molecule has 0 spiro atoms. The van der Waals surface area contributed by atoms with Crippen molar-refractivity contribution in [3.05, 3.63) is 59.8 Å². The van der Waals surface area contributed by atoms with Crippen molar-refractivity contribution in [2.75, 3.05) is 21.3 Å². The highest BCUT2D eigenvalue weighted by Crippen LogP contribution is 2.32. The average Bonchev–Trinajstić information content (AvgIpc) is 3.25. The van der Waals surface area contributed by atoms with Gasteiger partial charge in [-0.3, -0.25) is 4.79 Å². The Bertz CT molecular complexity index is 950. The monoisotopic (exact) mass is 396 g/mol. The van der Waals surface area contributed by atoms with Gasteiger partial charge in [0.25, 0.3) is 0 Å². The Balaban J connectivity index is 1.52. The molecule has 0 aliphatic carbocycles. The third-order valence-corrected chi connectivity index (χ3v) is 4.49. The van der Waals surface area contributed by atoms with Gasteiger partial charge >= 0.3 is 0 Å². The molecule has 0 fully saturated rings. The van der Waals surface area contributed by atoms with Gasteiger partial charge in [-0.05, 0) is 42.3 Å². The number of rotatable bonds is 9. The van der Waals surface area contributed by atoms with Crippen LogP contribution in [0, 0.1) is 0 Å². The van der Waals surface area contributed by atoms with Crippen LogP contribution < -0.4 is 19.5 Å². The fraction of sp³-hybridized carbons (Fsp3) is 0.273. The molecule has 7 heteroatoms. The van der Waals surface area contributed by atoms with Crippen LogP contribution in [0.4, 0.5) is 0 Å². The maximum absolute atomic E-state index is 12.1. The van der Waals surface area contributed by atoms with Crippen LogP contribution in [-0.4, -0.2) is 32.4 Å². The van der Waals surface area contributed by atoms with E-state index in [-0.39, 0.29) is 5.91 Å². The van der Waals surface area contributed by atoms with E-state index in [1.807, 2.05) is 36.4 Å². The maximum atomic E-state index is 12.1. The molecule has 0 atom stereocenters. The number of nitrogens with zero attached hydrogens (tertiary/aromatic N) is 1. The Kier molecular flexibility index (Phi) is 6.73. The van der Waals surface area contributed by atoms with Gasteiger partial charge < -0.3 is 24.1 Å². The minimum atomic E-state index is -0.0449. The number of nitrogens with one attached hydrogen (secondary N) is 1. The molecule has 3 aromatic rings. The smallest absolute Gasteiger partial charge is 0.220 e. The number of benzene rings is 2. The predicted molar refractivity (Wildman–Crippen MR) is 108 cm³/mol. The molecule has 2 aromatic carbocycles. The van der Waals surface area contributed by atoms with E-state index in [0.29, 0.717) is 42.3 Å². The molecule has 0 aliphatic heterocycles. The molecule has 3 rings (SSSR count). The van der Waals surface area contributed by atoms with Crippen LogP contribution in [0.5, 0.6) is 17.2 Å². The summed E-state index contributed by atoms with van der Waals surface area (Å²) >= 11 is 0. The van der Waals surface area contributed by atoms with Gasteiger partial charge in [0.05, 0.1) is 27.9 Å². The highest BCUT2D eigenvalue weighted by Gasteiger charge is 2.12. The first-order valence-corrected chi connectivity index (χ1v) is 9.20. The lowest BCUT2D eigenvalue weighted by atomic mass is 10.1. The molecule has 29 heavy (non-hydrogen) atoms. The molecule has 0 radical (unpaired) electrons. The lowest BCUT2D eigenvalue weighted by Crippen LogP contribution is -2.23. The summed E-state index contributed by atoms with van der Waals surface area (Å²) in [5.74, 6) is 2.59. The maximum Gasteiger partial charge on any atom is 0.220 e. The van der Waals surface area contributed by atoms with Crippen molar-refractivity contribution in [1.82, 2.24) is 10.5 Å². The van der Waals surface area contributed by atoms with E-state index in [4.69, 9.17) is 18.7 Å². The topological polar surface area (TPSA) is 82.8 Å². The number of aryl methyl sites for hydroxylation is 1. The van der Waals surface area contributed by atoms with Crippen LogP contribution >= 0.6 is 0 Å². The molecular weight excluding hydrogens is 372 g/mol. The fourth-order valence-electron chi connectivity index (χ4n) is 2.85. The summed E-state index contributed by atoms with van der Waals surface area (Å²) in [6, 6.07) is 15.0. The molecule has 1 amide bonds. The van der Waals surface area contributed by atoms with Gasteiger partial charge in [0.15, 0.2) is 17.3 Å². The highest BCUT2D eigenvalue weighted by molar-refractivity contribution is 5.76. The Morgan fingerprint density at radius 1 is 0.966 bits per heavy atom. The summed E-state index contributed by atoms with van der Waals surface area (Å²) < 4.78 is 21.1. The van der Waals surface area contributed by atoms with Crippen molar-refractivity contribution in [1.29, 1.82) is 0 Å². The molecular formula is C22H24N2O5. The molecule has 0 saturated heterocycles. The Morgan fingerprint density at radius 3 is 2.41 bits per heavy atom. The second-order valence-electron chi connectivity index (χ2n) is 6.38. The van der Waals surface area contributed by atoms with Gasteiger partial charge in [-0.1, -0.05) is 17.3 Å². The molecule has 0 saturated carbocycles. The molecule has 0 unspecified atom stereocenters. The standard InChI is InChI=1S/C22H24N2O5/c1-26-18-8-4-15(5-9-18)6-11-22(25)23-14-17-13-20(29-24-17)16-7-10-19(27-2)21(12-16)28-3/h4-5,7-10,12-13H,6,11,14H2,1-3H3,(H,23,25). The third-order valence-electron chi connectivity index (χ3n) is 4.49.